The lowest BCUT2D eigenvalue weighted by atomic mass is 10.1. The van der Waals surface area contributed by atoms with Crippen molar-refractivity contribution in [2.24, 2.45) is 11.5 Å². The van der Waals surface area contributed by atoms with E-state index < -0.39 is 0 Å². The fraction of sp³-hybridized carbons (Fsp3) is 0.200. The number of para-hydroxylation sites is 1. The van der Waals surface area contributed by atoms with Gasteiger partial charge in [-0.25, -0.2) is 0 Å². The third-order valence-corrected chi connectivity index (χ3v) is 1.78. The Kier molecular flexibility index (Phi) is 2.93. The van der Waals surface area contributed by atoms with Crippen LogP contribution in [-0.4, -0.2) is 11.1 Å². The molecule has 1 aromatic carbocycles. The second-order valence-electron chi connectivity index (χ2n) is 2.99. The number of phenolic OH excluding ortho intramolecular Hbond substituents is 1. The Morgan fingerprint density at radius 2 is 2.08 bits per heavy atom. The van der Waals surface area contributed by atoms with Gasteiger partial charge in [0.25, 0.3) is 0 Å². The first-order valence-electron chi connectivity index (χ1n) is 4.12. The highest BCUT2D eigenvalue weighted by Crippen LogP contribution is 2.18. The molecule has 1 atom stereocenters. The van der Waals surface area contributed by atoms with Gasteiger partial charge in [0.05, 0.1) is 0 Å². The quantitative estimate of drug-likeness (QED) is 0.633. The SMILES string of the molecule is CC(N)/C(N)=C/c1ccccc1O. The normalized spacial score (nSPS) is 14.2. The molecule has 70 valence electrons. The Morgan fingerprint density at radius 3 is 2.62 bits per heavy atom. The van der Waals surface area contributed by atoms with E-state index in [1.165, 1.54) is 0 Å². The van der Waals surface area contributed by atoms with Crippen molar-refractivity contribution in [3.05, 3.63) is 35.5 Å². The first kappa shape index (κ1) is 9.61. The molecule has 0 saturated carbocycles. The smallest absolute Gasteiger partial charge is 0.122 e. The minimum Gasteiger partial charge on any atom is -0.507 e. The summed E-state index contributed by atoms with van der Waals surface area (Å²) < 4.78 is 0. The van der Waals surface area contributed by atoms with E-state index >= 15 is 0 Å². The summed E-state index contributed by atoms with van der Waals surface area (Å²) in [5.74, 6) is 0.214. The molecule has 0 amide bonds. The molecule has 1 rings (SSSR count). The summed E-state index contributed by atoms with van der Waals surface area (Å²) in [6.07, 6.45) is 1.68. The molecule has 3 heteroatoms. The standard InChI is InChI=1S/C10H14N2O/c1-7(11)9(12)6-8-4-2-3-5-10(8)13/h2-7,13H,11-12H2,1H3/b9-6-. The van der Waals surface area contributed by atoms with E-state index in [1.54, 1.807) is 31.2 Å². The fourth-order valence-electron chi connectivity index (χ4n) is 0.921. The summed E-state index contributed by atoms with van der Waals surface area (Å²) in [6, 6.07) is 6.79. The van der Waals surface area contributed by atoms with Gasteiger partial charge in [0.15, 0.2) is 0 Å². The Balaban J connectivity index is 2.97. The molecule has 0 fully saturated rings. The van der Waals surface area contributed by atoms with E-state index in [4.69, 9.17) is 11.5 Å². The molecule has 0 aliphatic rings. The van der Waals surface area contributed by atoms with E-state index in [1.807, 2.05) is 6.07 Å². The summed E-state index contributed by atoms with van der Waals surface area (Å²) >= 11 is 0. The molecule has 0 bridgehead atoms. The minimum absolute atomic E-state index is 0.195. The van der Waals surface area contributed by atoms with Gasteiger partial charge in [-0.3, -0.25) is 0 Å². The molecule has 5 N–H and O–H groups in total. The maximum Gasteiger partial charge on any atom is 0.122 e. The average Bonchev–Trinajstić information content (AvgIpc) is 2.08. The molecule has 0 aliphatic heterocycles. The third kappa shape index (κ3) is 2.49. The molecule has 0 saturated heterocycles. The maximum absolute atomic E-state index is 9.40. The minimum atomic E-state index is -0.195. The molecule has 3 nitrogen and oxygen atoms in total. The number of rotatable bonds is 2. The van der Waals surface area contributed by atoms with Crippen molar-refractivity contribution in [2.45, 2.75) is 13.0 Å². The maximum atomic E-state index is 9.40. The van der Waals surface area contributed by atoms with Gasteiger partial charge < -0.3 is 16.6 Å². The topological polar surface area (TPSA) is 72.3 Å². The van der Waals surface area contributed by atoms with Crippen molar-refractivity contribution < 1.29 is 5.11 Å². The van der Waals surface area contributed by atoms with Gasteiger partial charge in [-0.1, -0.05) is 18.2 Å². The van der Waals surface area contributed by atoms with Crippen molar-refractivity contribution >= 4 is 6.08 Å². The Hall–Kier alpha value is -1.48. The number of hydrogen-bond acceptors (Lipinski definition) is 3. The van der Waals surface area contributed by atoms with Gasteiger partial charge in [-0.2, -0.15) is 0 Å². The second kappa shape index (κ2) is 3.96. The van der Waals surface area contributed by atoms with E-state index in [-0.39, 0.29) is 11.8 Å². The van der Waals surface area contributed by atoms with Gasteiger partial charge >= 0.3 is 0 Å². The van der Waals surface area contributed by atoms with Crippen LogP contribution in [0.3, 0.4) is 0 Å². The summed E-state index contributed by atoms with van der Waals surface area (Å²) in [6.45, 7) is 1.80. The van der Waals surface area contributed by atoms with Crippen LogP contribution in [0.5, 0.6) is 5.75 Å². The summed E-state index contributed by atoms with van der Waals surface area (Å²) in [5, 5.41) is 9.40. The van der Waals surface area contributed by atoms with Gasteiger partial charge in [0.1, 0.15) is 5.75 Å². The molecule has 0 heterocycles. The molecule has 1 unspecified atom stereocenters. The Labute approximate surface area is 77.7 Å². The van der Waals surface area contributed by atoms with Crippen LogP contribution in [0.25, 0.3) is 6.08 Å². The van der Waals surface area contributed by atoms with Crippen molar-refractivity contribution in [1.82, 2.24) is 0 Å². The summed E-state index contributed by atoms with van der Waals surface area (Å²) in [7, 11) is 0. The number of benzene rings is 1. The van der Waals surface area contributed by atoms with Crippen molar-refractivity contribution in [2.75, 3.05) is 0 Å². The van der Waals surface area contributed by atoms with Gasteiger partial charge in [0.2, 0.25) is 0 Å². The highest BCUT2D eigenvalue weighted by atomic mass is 16.3. The first-order chi connectivity index (χ1) is 6.11. The Morgan fingerprint density at radius 1 is 1.46 bits per heavy atom. The predicted molar refractivity (Wildman–Crippen MR) is 53.9 cm³/mol. The summed E-state index contributed by atoms with van der Waals surface area (Å²) in [5.41, 5.74) is 12.5. The fourth-order valence-corrected chi connectivity index (χ4v) is 0.921. The molecule has 13 heavy (non-hydrogen) atoms. The van der Waals surface area contributed by atoms with Crippen LogP contribution in [0.1, 0.15) is 12.5 Å². The van der Waals surface area contributed by atoms with Crippen LogP contribution in [0, 0.1) is 0 Å². The van der Waals surface area contributed by atoms with Crippen LogP contribution >= 0.6 is 0 Å². The summed E-state index contributed by atoms with van der Waals surface area (Å²) in [4.78, 5) is 0. The van der Waals surface area contributed by atoms with E-state index in [9.17, 15) is 5.11 Å². The van der Waals surface area contributed by atoms with Crippen molar-refractivity contribution in [1.29, 1.82) is 0 Å². The van der Waals surface area contributed by atoms with Gasteiger partial charge in [0, 0.05) is 17.3 Å². The zero-order valence-corrected chi connectivity index (χ0v) is 7.57. The molecular weight excluding hydrogens is 164 g/mol. The van der Waals surface area contributed by atoms with E-state index in [0.717, 1.165) is 0 Å². The second-order valence-corrected chi connectivity index (χ2v) is 2.99. The number of aromatic hydroxyl groups is 1. The largest absolute Gasteiger partial charge is 0.507 e. The monoisotopic (exact) mass is 178 g/mol. The molecule has 0 aliphatic carbocycles. The zero-order chi connectivity index (χ0) is 9.84. The van der Waals surface area contributed by atoms with Crippen molar-refractivity contribution in [3.63, 3.8) is 0 Å². The van der Waals surface area contributed by atoms with Crippen LogP contribution in [-0.2, 0) is 0 Å². The lowest BCUT2D eigenvalue weighted by molar-refractivity contribution is 0.474. The molecule has 0 radical (unpaired) electrons. The zero-order valence-electron chi connectivity index (χ0n) is 7.57. The van der Waals surface area contributed by atoms with Crippen molar-refractivity contribution in [3.8, 4) is 5.75 Å². The lowest BCUT2D eigenvalue weighted by Gasteiger charge is -2.05. The Bertz CT molecular complexity index is 318. The highest BCUT2D eigenvalue weighted by molar-refractivity contribution is 5.59. The van der Waals surface area contributed by atoms with Gasteiger partial charge in [-0.05, 0) is 19.1 Å². The number of hydrogen-bond donors (Lipinski definition) is 3. The van der Waals surface area contributed by atoms with Gasteiger partial charge in [-0.15, -0.1) is 0 Å². The van der Waals surface area contributed by atoms with Crippen LogP contribution in [0.4, 0.5) is 0 Å². The molecule has 1 aromatic rings. The number of nitrogens with two attached hydrogens (primary N) is 2. The van der Waals surface area contributed by atoms with Crippen LogP contribution in [0.2, 0.25) is 0 Å². The average molecular weight is 178 g/mol. The van der Waals surface area contributed by atoms with Crippen LogP contribution < -0.4 is 11.5 Å². The number of phenols is 1. The first-order valence-corrected chi connectivity index (χ1v) is 4.12. The predicted octanol–water partition coefficient (Wildman–Crippen LogP) is 1.04. The molecule has 0 spiro atoms. The molecule has 0 aromatic heterocycles. The molecular formula is C10H14N2O. The third-order valence-electron chi connectivity index (χ3n) is 1.78. The van der Waals surface area contributed by atoms with Crippen LogP contribution in [0.15, 0.2) is 30.0 Å². The van der Waals surface area contributed by atoms with E-state index in [0.29, 0.717) is 11.3 Å². The highest BCUT2D eigenvalue weighted by Gasteiger charge is 2.00. The lowest BCUT2D eigenvalue weighted by Crippen LogP contribution is -2.23. The van der Waals surface area contributed by atoms with E-state index in [2.05, 4.69) is 0 Å².